The van der Waals surface area contributed by atoms with E-state index >= 15 is 0 Å². The van der Waals surface area contributed by atoms with Gasteiger partial charge in [0.1, 0.15) is 0 Å². The van der Waals surface area contributed by atoms with Gasteiger partial charge in [0.25, 0.3) is 0 Å². The molecule has 0 radical (unpaired) electrons. The van der Waals surface area contributed by atoms with Crippen LogP contribution in [0.1, 0.15) is 20.7 Å². The molecule has 216 valence electrons. The first-order valence-corrected chi connectivity index (χ1v) is 12.5. The standard InChI is InChI=1S/C27H27N9O6/c28-18-1-3-19(4-2-18)29-25-31-26(33-27(32-25)36(9-11-37)10-12-38)30-20-5-7-21(8-6-20)34-35-22-14-16(23(39)40)13-17(15-22)24(41)42/h1-8,13-15,37-38H,9-12,28H2,(H,39,40)(H,41,42)(H2,29,30,31,32,33). The average molecular weight is 574 g/mol. The Hall–Kier alpha value is -5.67. The van der Waals surface area contributed by atoms with Gasteiger partial charge in [-0.3, -0.25) is 0 Å². The minimum absolute atomic E-state index is 0.0728. The Morgan fingerprint density at radius 2 is 1.19 bits per heavy atom. The number of carboxylic acid groups (broad SMARTS) is 2. The van der Waals surface area contributed by atoms with Crippen LogP contribution >= 0.6 is 0 Å². The van der Waals surface area contributed by atoms with Crippen molar-refractivity contribution in [1.29, 1.82) is 0 Å². The maximum absolute atomic E-state index is 11.3. The average Bonchev–Trinajstić information content (AvgIpc) is 2.97. The smallest absolute Gasteiger partial charge is 0.335 e. The monoisotopic (exact) mass is 573 g/mol. The van der Waals surface area contributed by atoms with E-state index in [9.17, 15) is 30.0 Å². The van der Waals surface area contributed by atoms with Gasteiger partial charge in [-0.1, -0.05) is 0 Å². The Kier molecular flexibility index (Phi) is 9.49. The Balaban J connectivity index is 1.56. The topological polar surface area (TPSA) is 232 Å². The van der Waals surface area contributed by atoms with Crippen molar-refractivity contribution >= 4 is 58.2 Å². The maximum atomic E-state index is 11.3. The molecule has 0 bridgehead atoms. The lowest BCUT2D eigenvalue weighted by atomic mass is 10.1. The van der Waals surface area contributed by atoms with Gasteiger partial charge in [0, 0.05) is 30.2 Å². The van der Waals surface area contributed by atoms with Crippen LogP contribution in [0.5, 0.6) is 0 Å². The van der Waals surface area contributed by atoms with Crippen molar-refractivity contribution in [2.24, 2.45) is 10.2 Å². The number of aliphatic hydroxyl groups excluding tert-OH is 2. The van der Waals surface area contributed by atoms with Crippen LogP contribution in [0.4, 0.5) is 46.3 Å². The van der Waals surface area contributed by atoms with Crippen molar-refractivity contribution in [3.8, 4) is 0 Å². The summed E-state index contributed by atoms with van der Waals surface area (Å²) < 4.78 is 0. The van der Waals surface area contributed by atoms with Gasteiger partial charge >= 0.3 is 11.9 Å². The molecule has 4 aromatic rings. The molecule has 8 N–H and O–H groups in total. The summed E-state index contributed by atoms with van der Waals surface area (Å²) in [6.45, 7) is 0.0233. The first-order valence-electron chi connectivity index (χ1n) is 12.5. The van der Waals surface area contributed by atoms with Gasteiger partial charge in [-0.15, -0.1) is 0 Å². The number of nitrogen functional groups attached to an aromatic ring is 1. The molecule has 0 saturated carbocycles. The molecule has 1 heterocycles. The fourth-order valence-corrected chi connectivity index (χ4v) is 3.64. The second-order valence-electron chi connectivity index (χ2n) is 8.71. The molecule has 3 aromatic carbocycles. The summed E-state index contributed by atoms with van der Waals surface area (Å²) in [7, 11) is 0. The molecule has 0 amide bonds. The number of aromatic nitrogens is 3. The number of nitrogens with one attached hydrogen (secondary N) is 2. The number of benzene rings is 3. The summed E-state index contributed by atoms with van der Waals surface area (Å²) in [6, 6.07) is 17.1. The lowest BCUT2D eigenvalue weighted by Gasteiger charge is -2.21. The molecule has 0 spiro atoms. The first-order chi connectivity index (χ1) is 20.2. The van der Waals surface area contributed by atoms with Gasteiger partial charge in [-0.25, -0.2) is 9.59 Å². The minimum Gasteiger partial charge on any atom is -0.478 e. The third kappa shape index (κ3) is 7.93. The number of azo groups is 1. The number of aromatic carboxylic acids is 2. The van der Waals surface area contributed by atoms with Crippen molar-refractivity contribution in [2.75, 3.05) is 47.6 Å². The quantitative estimate of drug-likeness (QED) is 0.0897. The van der Waals surface area contributed by atoms with E-state index in [1.54, 1.807) is 53.4 Å². The minimum atomic E-state index is -1.28. The number of nitrogens with two attached hydrogens (primary N) is 1. The summed E-state index contributed by atoms with van der Waals surface area (Å²) >= 11 is 0. The molecule has 0 atom stereocenters. The Morgan fingerprint density at radius 3 is 1.67 bits per heavy atom. The highest BCUT2D eigenvalue weighted by molar-refractivity contribution is 5.95. The van der Waals surface area contributed by atoms with E-state index in [1.165, 1.54) is 12.1 Å². The number of aliphatic hydroxyl groups is 2. The highest BCUT2D eigenvalue weighted by atomic mass is 16.4. The Morgan fingerprint density at radius 1 is 0.714 bits per heavy atom. The highest BCUT2D eigenvalue weighted by Gasteiger charge is 2.15. The fourth-order valence-electron chi connectivity index (χ4n) is 3.64. The molecule has 42 heavy (non-hydrogen) atoms. The largest absolute Gasteiger partial charge is 0.478 e. The third-order valence-electron chi connectivity index (χ3n) is 5.63. The summed E-state index contributed by atoms with van der Waals surface area (Å²) in [5.41, 5.74) is 7.67. The molecule has 0 aliphatic carbocycles. The molecular weight excluding hydrogens is 546 g/mol. The second kappa shape index (κ2) is 13.6. The van der Waals surface area contributed by atoms with Gasteiger partial charge in [-0.2, -0.15) is 25.2 Å². The number of hydrogen-bond acceptors (Lipinski definition) is 13. The number of carboxylic acids is 2. The zero-order chi connectivity index (χ0) is 30.1. The third-order valence-corrected chi connectivity index (χ3v) is 5.63. The van der Waals surface area contributed by atoms with Gasteiger partial charge < -0.3 is 41.7 Å². The van der Waals surface area contributed by atoms with E-state index in [0.29, 0.717) is 22.7 Å². The Labute approximate surface area is 239 Å². The van der Waals surface area contributed by atoms with Gasteiger partial charge in [0.05, 0.1) is 35.7 Å². The second-order valence-corrected chi connectivity index (χ2v) is 8.71. The number of rotatable bonds is 13. The van der Waals surface area contributed by atoms with Gasteiger partial charge in [0.15, 0.2) is 0 Å². The van der Waals surface area contributed by atoms with Crippen LogP contribution in [0.2, 0.25) is 0 Å². The summed E-state index contributed by atoms with van der Waals surface area (Å²) in [6.07, 6.45) is 0. The predicted molar refractivity (Wildman–Crippen MR) is 155 cm³/mol. The summed E-state index contributed by atoms with van der Waals surface area (Å²) in [5, 5.41) is 51.6. The fraction of sp³-hybridized carbons (Fsp3) is 0.148. The SMILES string of the molecule is Nc1ccc(Nc2nc(Nc3ccc(N=Nc4cc(C(=O)O)cc(C(=O)O)c4)cc3)nc(N(CCO)CCO)n2)cc1. The van der Waals surface area contributed by atoms with E-state index in [-0.39, 0.29) is 61.0 Å². The molecule has 15 nitrogen and oxygen atoms in total. The van der Waals surface area contributed by atoms with Crippen LogP contribution in [-0.4, -0.2) is 73.6 Å². The number of anilines is 6. The van der Waals surface area contributed by atoms with Crippen molar-refractivity contribution in [3.05, 3.63) is 77.9 Å². The van der Waals surface area contributed by atoms with Crippen molar-refractivity contribution in [3.63, 3.8) is 0 Å². The molecule has 4 rings (SSSR count). The molecule has 0 aliphatic rings. The van der Waals surface area contributed by atoms with E-state index in [2.05, 4.69) is 35.8 Å². The summed E-state index contributed by atoms with van der Waals surface area (Å²) in [4.78, 5) is 37.5. The van der Waals surface area contributed by atoms with E-state index in [0.717, 1.165) is 6.07 Å². The first kappa shape index (κ1) is 29.3. The van der Waals surface area contributed by atoms with E-state index in [4.69, 9.17) is 5.73 Å². The maximum Gasteiger partial charge on any atom is 0.335 e. The van der Waals surface area contributed by atoms with Crippen LogP contribution in [0, 0.1) is 0 Å². The summed E-state index contributed by atoms with van der Waals surface area (Å²) in [5.74, 6) is -1.95. The zero-order valence-electron chi connectivity index (χ0n) is 22.0. The van der Waals surface area contributed by atoms with Crippen LogP contribution in [0.15, 0.2) is 77.0 Å². The molecule has 0 fully saturated rings. The van der Waals surface area contributed by atoms with Crippen molar-refractivity contribution in [1.82, 2.24) is 15.0 Å². The van der Waals surface area contributed by atoms with Crippen molar-refractivity contribution < 1.29 is 30.0 Å². The highest BCUT2D eigenvalue weighted by Crippen LogP contribution is 2.25. The number of hydrogen-bond donors (Lipinski definition) is 7. The van der Waals surface area contributed by atoms with Crippen LogP contribution < -0.4 is 21.3 Å². The normalized spacial score (nSPS) is 10.9. The molecule has 1 aromatic heterocycles. The lowest BCUT2D eigenvalue weighted by molar-refractivity contribution is 0.0696. The molecule has 0 unspecified atom stereocenters. The number of carbonyl (C=O) groups is 2. The van der Waals surface area contributed by atoms with Crippen molar-refractivity contribution in [2.45, 2.75) is 0 Å². The molecule has 0 saturated heterocycles. The molecule has 15 heteroatoms. The van der Waals surface area contributed by atoms with E-state index in [1.807, 2.05) is 0 Å². The van der Waals surface area contributed by atoms with Crippen LogP contribution in [-0.2, 0) is 0 Å². The Bertz CT molecular complexity index is 1540. The lowest BCUT2D eigenvalue weighted by Crippen LogP contribution is -2.31. The number of nitrogens with zero attached hydrogens (tertiary/aromatic N) is 6. The van der Waals surface area contributed by atoms with Crippen LogP contribution in [0.25, 0.3) is 0 Å². The zero-order valence-corrected chi connectivity index (χ0v) is 22.0. The van der Waals surface area contributed by atoms with Gasteiger partial charge in [0.2, 0.25) is 17.8 Å². The molecule has 0 aliphatic heterocycles. The van der Waals surface area contributed by atoms with Gasteiger partial charge in [-0.05, 0) is 66.7 Å². The van der Waals surface area contributed by atoms with Crippen LogP contribution in [0.3, 0.4) is 0 Å². The van der Waals surface area contributed by atoms with E-state index < -0.39 is 11.9 Å². The predicted octanol–water partition coefficient (Wildman–Crippen LogP) is 3.54. The molecular formula is C27H27N9O6.